The number of rotatable bonds is 4. The highest BCUT2D eigenvalue weighted by atomic mass is 16.2. The predicted molar refractivity (Wildman–Crippen MR) is 92.4 cm³/mol. The summed E-state index contributed by atoms with van der Waals surface area (Å²) in [7, 11) is 0. The van der Waals surface area contributed by atoms with Crippen LogP contribution >= 0.6 is 0 Å². The Hall–Kier alpha value is -2.90. The van der Waals surface area contributed by atoms with E-state index in [4.69, 9.17) is 0 Å². The third kappa shape index (κ3) is 3.14. The fourth-order valence-corrected chi connectivity index (χ4v) is 3.48. The zero-order valence-electron chi connectivity index (χ0n) is 14.8. The van der Waals surface area contributed by atoms with Crippen LogP contribution in [-0.2, 0) is 26.3 Å². The van der Waals surface area contributed by atoms with Gasteiger partial charge in [-0.25, -0.2) is 4.79 Å². The maximum Gasteiger partial charge on any atom is 0.325 e. The van der Waals surface area contributed by atoms with E-state index in [1.807, 2.05) is 38.1 Å². The molecule has 2 aliphatic rings. The number of hydrogen-bond donors (Lipinski definition) is 3. The molecule has 1 unspecified atom stereocenters. The van der Waals surface area contributed by atoms with Crippen LogP contribution in [0.3, 0.4) is 0 Å². The van der Waals surface area contributed by atoms with Crippen LogP contribution in [0.1, 0.15) is 37.8 Å². The van der Waals surface area contributed by atoms with Gasteiger partial charge in [-0.15, -0.1) is 0 Å². The molecule has 1 spiro atoms. The molecule has 8 heteroatoms. The summed E-state index contributed by atoms with van der Waals surface area (Å²) >= 11 is 0. The first-order valence-corrected chi connectivity index (χ1v) is 8.63. The van der Waals surface area contributed by atoms with Crippen molar-refractivity contribution in [3.8, 4) is 0 Å². The predicted octanol–water partition coefficient (Wildman–Crippen LogP) is 0.573. The lowest BCUT2D eigenvalue weighted by Crippen LogP contribution is -2.48. The van der Waals surface area contributed by atoms with E-state index in [2.05, 4.69) is 16.2 Å². The van der Waals surface area contributed by atoms with Crippen molar-refractivity contribution in [3.63, 3.8) is 0 Å². The third-order valence-electron chi connectivity index (χ3n) is 4.66. The average molecular weight is 358 g/mol. The highest BCUT2D eigenvalue weighted by Gasteiger charge is 2.55. The van der Waals surface area contributed by atoms with Gasteiger partial charge in [-0.2, -0.15) is 0 Å². The molecule has 8 nitrogen and oxygen atoms in total. The molecule has 3 N–H and O–H groups in total. The van der Waals surface area contributed by atoms with Crippen LogP contribution in [0, 0.1) is 5.92 Å². The van der Waals surface area contributed by atoms with Gasteiger partial charge < -0.3 is 5.32 Å². The van der Waals surface area contributed by atoms with Gasteiger partial charge in [0.05, 0.1) is 0 Å². The van der Waals surface area contributed by atoms with Gasteiger partial charge in [-0.1, -0.05) is 38.1 Å². The molecule has 0 radical (unpaired) electrons. The Morgan fingerprint density at radius 2 is 1.88 bits per heavy atom. The number of carbonyl (C=O) groups is 4. The SMILES string of the molecule is CC(C)CC(=O)NNC(=O)CN1C(=O)NC2(CCc3ccccc32)C1=O. The average Bonchev–Trinajstić information content (AvgIpc) is 3.07. The van der Waals surface area contributed by atoms with Crippen molar-refractivity contribution in [2.24, 2.45) is 5.92 Å². The second kappa shape index (κ2) is 6.78. The Balaban J connectivity index is 1.65. The molecule has 1 saturated heterocycles. The number of amides is 5. The number of hydrazine groups is 1. The maximum absolute atomic E-state index is 12.9. The lowest BCUT2D eigenvalue weighted by molar-refractivity contribution is -0.136. The molecule has 1 aromatic carbocycles. The van der Waals surface area contributed by atoms with E-state index in [-0.39, 0.29) is 18.2 Å². The van der Waals surface area contributed by atoms with Crippen molar-refractivity contribution >= 4 is 23.8 Å². The molecule has 138 valence electrons. The first kappa shape index (κ1) is 17.9. The number of imide groups is 1. The van der Waals surface area contributed by atoms with Crippen molar-refractivity contribution in [1.82, 2.24) is 21.1 Å². The standard InChI is InChI=1S/C18H22N4O4/c1-11(2)9-14(23)20-21-15(24)10-22-16(25)18(19-17(22)26)8-7-12-5-3-4-6-13(12)18/h3-6,11H,7-10H2,1-2H3,(H,19,26)(H,20,23)(H,21,24). The molecule has 1 aromatic rings. The van der Waals surface area contributed by atoms with Gasteiger partial charge in [-0.05, 0) is 29.9 Å². The highest BCUT2D eigenvalue weighted by molar-refractivity contribution is 6.10. The monoisotopic (exact) mass is 358 g/mol. The summed E-state index contributed by atoms with van der Waals surface area (Å²) < 4.78 is 0. The summed E-state index contributed by atoms with van der Waals surface area (Å²) in [4.78, 5) is 49.7. The van der Waals surface area contributed by atoms with Crippen molar-refractivity contribution in [1.29, 1.82) is 0 Å². The Labute approximate surface area is 151 Å². The molecule has 1 atom stereocenters. The zero-order chi connectivity index (χ0) is 18.9. The number of urea groups is 1. The van der Waals surface area contributed by atoms with E-state index < -0.39 is 29.9 Å². The Bertz CT molecular complexity index is 776. The van der Waals surface area contributed by atoms with Crippen molar-refractivity contribution < 1.29 is 19.2 Å². The lowest BCUT2D eigenvalue weighted by atomic mass is 9.92. The minimum atomic E-state index is -1.09. The van der Waals surface area contributed by atoms with Gasteiger partial charge >= 0.3 is 6.03 Å². The number of aryl methyl sites for hydroxylation is 1. The minimum Gasteiger partial charge on any atom is -0.319 e. The van der Waals surface area contributed by atoms with Gasteiger partial charge in [-0.3, -0.25) is 30.1 Å². The van der Waals surface area contributed by atoms with E-state index in [0.717, 1.165) is 16.0 Å². The summed E-state index contributed by atoms with van der Waals surface area (Å²) in [6, 6.07) is 6.88. The molecule has 3 rings (SSSR count). The van der Waals surface area contributed by atoms with Crippen molar-refractivity contribution in [2.45, 2.75) is 38.6 Å². The molecule has 26 heavy (non-hydrogen) atoms. The van der Waals surface area contributed by atoms with E-state index in [9.17, 15) is 19.2 Å². The smallest absolute Gasteiger partial charge is 0.319 e. The highest BCUT2D eigenvalue weighted by Crippen LogP contribution is 2.41. The molecule has 0 bridgehead atoms. The van der Waals surface area contributed by atoms with Crippen LogP contribution in [0.15, 0.2) is 24.3 Å². The van der Waals surface area contributed by atoms with Crippen LogP contribution in [0.4, 0.5) is 4.79 Å². The van der Waals surface area contributed by atoms with Crippen LogP contribution in [0.2, 0.25) is 0 Å². The molecular weight excluding hydrogens is 336 g/mol. The Morgan fingerprint density at radius 3 is 2.62 bits per heavy atom. The second-order valence-electron chi connectivity index (χ2n) is 7.08. The molecule has 1 aliphatic carbocycles. The topological polar surface area (TPSA) is 108 Å². The quantitative estimate of drug-likeness (QED) is 0.540. The van der Waals surface area contributed by atoms with Crippen LogP contribution in [0.25, 0.3) is 0 Å². The summed E-state index contributed by atoms with van der Waals surface area (Å²) in [5.41, 5.74) is 5.24. The van der Waals surface area contributed by atoms with E-state index in [1.165, 1.54) is 0 Å². The van der Waals surface area contributed by atoms with E-state index in [1.54, 1.807) is 0 Å². The number of benzene rings is 1. The number of nitrogens with zero attached hydrogens (tertiary/aromatic N) is 1. The fraction of sp³-hybridized carbons (Fsp3) is 0.444. The third-order valence-corrected chi connectivity index (χ3v) is 4.66. The van der Waals surface area contributed by atoms with Gasteiger partial charge in [0.2, 0.25) is 5.91 Å². The molecule has 1 fully saturated rings. The van der Waals surface area contributed by atoms with Gasteiger partial charge in [0.1, 0.15) is 12.1 Å². The van der Waals surface area contributed by atoms with Crippen molar-refractivity contribution in [2.75, 3.05) is 6.54 Å². The molecule has 1 aliphatic heterocycles. The molecule has 0 saturated carbocycles. The van der Waals surface area contributed by atoms with Crippen LogP contribution in [-0.4, -0.2) is 35.2 Å². The Kier molecular flexibility index (Phi) is 4.67. The largest absolute Gasteiger partial charge is 0.325 e. The van der Waals surface area contributed by atoms with Gasteiger partial charge in [0.15, 0.2) is 0 Å². The van der Waals surface area contributed by atoms with Crippen LogP contribution < -0.4 is 16.2 Å². The van der Waals surface area contributed by atoms with E-state index >= 15 is 0 Å². The molecular formula is C18H22N4O4. The molecule has 1 heterocycles. The number of carbonyl (C=O) groups excluding carboxylic acids is 4. The maximum atomic E-state index is 12.9. The fourth-order valence-electron chi connectivity index (χ4n) is 3.48. The molecule has 5 amide bonds. The normalized spacial score (nSPS) is 21.1. The molecule has 0 aromatic heterocycles. The van der Waals surface area contributed by atoms with E-state index in [0.29, 0.717) is 12.8 Å². The second-order valence-corrected chi connectivity index (χ2v) is 7.08. The van der Waals surface area contributed by atoms with Crippen molar-refractivity contribution in [3.05, 3.63) is 35.4 Å². The minimum absolute atomic E-state index is 0.153. The number of fused-ring (bicyclic) bond motifs is 2. The van der Waals surface area contributed by atoms with Gasteiger partial charge in [0, 0.05) is 6.42 Å². The summed E-state index contributed by atoms with van der Waals surface area (Å²) in [5, 5.41) is 2.75. The number of nitrogens with one attached hydrogen (secondary N) is 3. The van der Waals surface area contributed by atoms with Crippen LogP contribution in [0.5, 0.6) is 0 Å². The lowest BCUT2D eigenvalue weighted by Gasteiger charge is -2.22. The number of hydrogen-bond acceptors (Lipinski definition) is 4. The first-order chi connectivity index (χ1) is 12.3. The Morgan fingerprint density at radius 1 is 1.19 bits per heavy atom. The summed E-state index contributed by atoms with van der Waals surface area (Å²) in [5.74, 6) is -1.24. The van der Waals surface area contributed by atoms with Gasteiger partial charge in [0.25, 0.3) is 11.8 Å². The summed E-state index contributed by atoms with van der Waals surface area (Å²) in [6.45, 7) is 3.32. The first-order valence-electron chi connectivity index (χ1n) is 8.63. The summed E-state index contributed by atoms with van der Waals surface area (Å²) in [6.07, 6.45) is 1.43. The zero-order valence-corrected chi connectivity index (χ0v) is 14.8.